The first kappa shape index (κ1) is 30.0. The predicted molar refractivity (Wildman–Crippen MR) is 80.0 cm³/mol. The third kappa shape index (κ3) is 5.31. The van der Waals surface area contributed by atoms with Crippen LogP contribution in [-0.2, 0) is 10.0 Å². The lowest BCUT2D eigenvalue weighted by atomic mass is 9.98. The van der Waals surface area contributed by atoms with E-state index in [-0.39, 0.29) is 12.5 Å². The molecule has 0 amide bonds. The number of alkyl halides is 13. The summed E-state index contributed by atoms with van der Waals surface area (Å²) in [6, 6.07) is 0. The highest BCUT2D eigenvalue weighted by Gasteiger charge is 2.92. The van der Waals surface area contributed by atoms with Crippen molar-refractivity contribution in [1.82, 2.24) is 10.0 Å². The normalized spacial score (nSPS) is 15.6. The molecule has 0 saturated carbocycles. The van der Waals surface area contributed by atoms with Gasteiger partial charge in [-0.15, -0.1) is 0 Å². The molecule has 0 aliphatic rings. The third-order valence-corrected chi connectivity index (χ3v) is 5.13. The quantitative estimate of drug-likeness (QED) is 0.304. The van der Waals surface area contributed by atoms with Gasteiger partial charge in [0.25, 0.3) is 10.0 Å². The maximum atomic E-state index is 13.6. The van der Waals surface area contributed by atoms with Crippen LogP contribution in [0.15, 0.2) is 0 Å². The van der Waals surface area contributed by atoms with Gasteiger partial charge in [-0.25, -0.2) is 13.1 Å². The second-order valence-electron chi connectivity index (χ2n) is 6.66. The van der Waals surface area contributed by atoms with E-state index in [1.165, 1.54) is 0 Å². The Balaban J connectivity index is 5.79. The number of nitrogens with one attached hydrogen (secondary N) is 2. The Kier molecular flexibility index (Phi) is 8.77. The molecule has 0 saturated heterocycles. The van der Waals surface area contributed by atoms with Crippen molar-refractivity contribution in [2.75, 3.05) is 19.6 Å². The van der Waals surface area contributed by atoms with Crippen molar-refractivity contribution in [3.8, 4) is 0 Å². The van der Waals surface area contributed by atoms with Crippen LogP contribution in [0.25, 0.3) is 0 Å². The SMILES string of the molecule is CC(C)CNCCCNS(=O)(=O)C(F)(F)C(F)(F)C(F)(F)C(F)(F)C(F)(F)C(F)(F)F. The molecule has 188 valence electrons. The second kappa shape index (κ2) is 9.07. The largest absolute Gasteiger partial charge is 0.460 e. The number of halogens is 13. The summed E-state index contributed by atoms with van der Waals surface area (Å²) in [5, 5.41) is -4.57. The molecule has 0 radical (unpaired) electrons. The van der Waals surface area contributed by atoms with Crippen molar-refractivity contribution < 1.29 is 65.5 Å². The minimum atomic E-state index is -8.16. The molecule has 2 N–H and O–H groups in total. The first-order valence-corrected chi connectivity index (χ1v) is 9.56. The summed E-state index contributed by atoms with van der Waals surface area (Å²) in [5.74, 6) is -32.0. The molecule has 0 aromatic heterocycles. The molecule has 0 aromatic carbocycles. The van der Waals surface area contributed by atoms with Crippen molar-refractivity contribution in [3.63, 3.8) is 0 Å². The average Bonchev–Trinajstić information content (AvgIpc) is 2.55. The molecule has 18 heteroatoms. The Labute approximate surface area is 167 Å². The lowest BCUT2D eigenvalue weighted by Crippen LogP contribution is -2.71. The fourth-order valence-electron chi connectivity index (χ4n) is 1.83. The van der Waals surface area contributed by atoms with Gasteiger partial charge in [-0.05, 0) is 25.4 Å². The van der Waals surface area contributed by atoms with Gasteiger partial charge in [-0.2, -0.15) is 57.1 Å². The van der Waals surface area contributed by atoms with E-state index in [9.17, 15) is 65.5 Å². The summed E-state index contributed by atoms with van der Waals surface area (Å²) in [4.78, 5) is 0. The fourth-order valence-corrected chi connectivity index (χ4v) is 2.89. The van der Waals surface area contributed by atoms with Crippen molar-refractivity contribution >= 4 is 10.0 Å². The van der Waals surface area contributed by atoms with E-state index in [0.29, 0.717) is 11.3 Å². The van der Waals surface area contributed by atoms with Crippen LogP contribution in [0, 0.1) is 5.92 Å². The predicted octanol–water partition coefficient (Wildman–Crippen LogP) is 4.24. The molecule has 0 spiro atoms. The third-order valence-electron chi connectivity index (χ3n) is 3.62. The molecular weight excluding hydrogens is 495 g/mol. The monoisotopic (exact) mass is 512 g/mol. The number of hydrogen-bond acceptors (Lipinski definition) is 3. The first-order chi connectivity index (χ1) is 13.4. The van der Waals surface area contributed by atoms with Gasteiger partial charge < -0.3 is 5.32 Å². The Bertz CT molecular complexity index is 705. The minimum absolute atomic E-state index is 0.0819. The fraction of sp³-hybridized carbons (Fsp3) is 1.00. The Morgan fingerprint density at radius 1 is 0.677 bits per heavy atom. The first-order valence-electron chi connectivity index (χ1n) is 8.07. The molecule has 0 atom stereocenters. The van der Waals surface area contributed by atoms with Crippen LogP contribution in [0.4, 0.5) is 57.1 Å². The number of rotatable bonds is 12. The van der Waals surface area contributed by atoms with Crippen LogP contribution in [0.5, 0.6) is 0 Å². The highest BCUT2D eigenvalue weighted by molar-refractivity contribution is 7.90. The van der Waals surface area contributed by atoms with E-state index >= 15 is 0 Å². The van der Waals surface area contributed by atoms with Crippen LogP contribution in [0.1, 0.15) is 20.3 Å². The van der Waals surface area contributed by atoms with Crippen LogP contribution < -0.4 is 10.0 Å². The average molecular weight is 512 g/mol. The van der Waals surface area contributed by atoms with Crippen LogP contribution in [0.3, 0.4) is 0 Å². The summed E-state index contributed by atoms with van der Waals surface area (Å²) in [6.07, 6.45) is -7.96. The zero-order valence-corrected chi connectivity index (χ0v) is 16.4. The van der Waals surface area contributed by atoms with Gasteiger partial charge in [0.15, 0.2) is 0 Å². The molecule has 31 heavy (non-hydrogen) atoms. The molecule has 0 heterocycles. The zero-order chi connectivity index (χ0) is 25.3. The molecule has 0 fully saturated rings. The van der Waals surface area contributed by atoms with E-state index < -0.39 is 58.1 Å². The summed E-state index contributed by atoms with van der Waals surface area (Å²) in [6.45, 7) is 2.59. The van der Waals surface area contributed by atoms with E-state index in [1.807, 2.05) is 0 Å². The van der Waals surface area contributed by atoms with Gasteiger partial charge >= 0.3 is 35.1 Å². The van der Waals surface area contributed by atoms with Crippen molar-refractivity contribution in [3.05, 3.63) is 0 Å². The number of hydrogen-bond donors (Lipinski definition) is 2. The number of sulfonamides is 1. The summed E-state index contributed by atoms with van der Waals surface area (Å²) in [7, 11) is -6.95. The van der Waals surface area contributed by atoms with Crippen LogP contribution in [0.2, 0.25) is 0 Å². The summed E-state index contributed by atoms with van der Waals surface area (Å²) >= 11 is 0. The van der Waals surface area contributed by atoms with E-state index in [0.717, 1.165) is 0 Å². The molecule has 0 unspecified atom stereocenters. The maximum absolute atomic E-state index is 13.6. The highest BCUT2D eigenvalue weighted by Crippen LogP contribution is 2.60. The van der Waals surface area contributed by atoms with Gasteiger partial charge in [-0.3, -0.25) is 0 Å². The van der Waals surface area contributed by atoms with E-state index in [2.05, 4.69) is 5.32 Å². The van der Waals surface area contributed by atoms with Gasteiger partial charge in [0, 0.05) is 6.54 Å². The standard InChI is InChI=1S/C13H17F13N2O2S/c1-7(2)6-27-4-3-5-28-31(29,30)13(25,26)11(20,21)9(16,17)8(14,15)10(18,19)12(22,23)24/h7,27-28H,3-6H2,1-2H3. The summed E-state index contributed by atoms with van der Waals surface area (Å²) < 4.78 is 192. The molecule has 0 aliphatic carbocycles. The zero-order valence-electron chi connectivity index (χ0n) is 15.5. The minimum Gasteiger partial charge on any atom is -0.316 e. The van der Waals surface area contributed by atoms with Crippen molar-refractivity contribution in [1.29, 1.82) is 0 Å². The molecule has 4 nitrogen and oxygen atoms in total. The Morgan fingerprint density at radius 3 is 1.48 bits per heavy atom. The lowest BCUT2D eigenvalue weighted by molar-refractivity contribution is -0.433. The van der Waals surface area contributed by atoms with Gasteiger partial charge in [0.1, 0.15) is 0 Å². The maximum Gasteiger partial charge on any atom is 0.460 e. The van der Waals surface area contributed by atoms with E-state index in [4.69, 9.17) is 0 Å². The molecule has 0 aromatic rings. The molecule has 0 rings (SSSR count). The lowest BCUT2D eigenvalue weighted by Gasteiger charge is -2.39. The molecular formula is C13H17F13N2O2S. The van der Waals surface area contributed by atoms with Gasteiger partial charge in [-0.1, -0.05) is 13.8 Å². The topological polar surface area (TPSA) is 58.2 Å². The summed E-state index contributed by atoms with van der Waals surface area (Å²) in [5.41, 5.74) is 0. The van der Waals surface area contributed by atoms with Gasteiger partial charge in [0.2, 0.25) is 0 Å². The highest BCUT2D eigenvalue weighted by atomic mass is 32.2. The smallest absolute Gasteiger partial charge is 0.316 e. The van der Waals surface area contributed by atoms with Crippen LogP contribution in [-0.4, -0.2) is 63.2 Å². The Hall–Kier alpha value is -1.04. The molecule has 0 bridgehead atoms. The Morgan fingerprint density at radius 2 is 1.10 bits per heavy atom. The van der Waals surface area contributed by atoms with E-state index in [1.54, 1.807) is 13.8 Å². The van der Waals surface area contributed by atoms with Crippen molar-refractivity contribution in [2.45, 2.75) is 55.4 Å². The second-order valence-corrected chi connectivity index (χ2v) is 8.47. The van der Waals surface area contributed by atoms with Crippen molar-refractivity contribution in [2.24, 2.45) is 5.92 Å². The van der Waals surface area contributed by atoms with Gasteiger partial charge in [0.05, 0.1) is 0 Å². The van der Waals surface area contributed by atoms with Crippen LogP contribution >= 0.6 is 0 Å². The molecule has 0 aliphatic heterocycles.